The maximum Gasteiger partial charge on any atom is 0.220 e. The van der Waals surface area contributed by atoms with Crippen molar-refractivity contribution in [3.8, 4) is 0 Å². The van der Waals surface area contributed by atoms with Gasteiger partial charge < -0.3 is 5.32 Å². The molecule has 1 N–H and O–H groups in total. The van der Waals surface area contributed by atoms with Crippen LogP contribution in [-0.4, -0.2) is 17.8 Å². The molecule has 0 aliphatic rings. The van der Waals surface area contributed by atoms with Gasteiger partial charge in [0.1, 0.15) is 0 Å². The topological polar surface area (TPSA) is 29.1 Å². The molecule has 0 atom stereocenters. The highest BCUT2D eigenvalue weighted by Crippen LogP contribution is 2.16. The summed E-state index contributed by atoms with van der Waals surface area (Å²) in [6.45, 7) is 7.04. The van der Waals surface area contributed by atoms with E-state index in [4.69, 9.17) is 0 Å². The largest absolute Gasteiger partial charge is 0.356 e. The van der Waals surface area contributed by atoms with Crippen LogP contribution in [0, 0.1) is 12.3 Å². The van der Waals surface area contributed by atoms with Crippen LogP contribution in [0.2, 0.25) is 0 Å². The first kappa shape index (κ1) is 15.2. The fourth-order valence-corrected chi connectivity index (χ4v) is 1.68. The van der Waals surface area contributed by atoms with Crippen molar-refractivity contribution in [2.75, 3.05) is 11.9 Å². The molecular formula is C15H22BrNO. The Bertz CT molecular complexity index is 384. The molecule has 0 radical (unpaired) electrons. The average Bonchev–Trinajstić information content (AvgIpc) is 2.36. The number of aryl methyl sites for hydroxylation is 2. The lowest BCUT2D eigenvalue weighted by Crippen LogP contribution is -2.34. The third kappa shape index (κ3) is 5.67. The van der Waals surface area contributed by atoms with E-state index < -0.39 is 0 Å². The molecule has 0 bridgehead atoms. The van der Waals surface area contributed by atoms with E-state index in [1.54, 1.807) is 0 Å². The van der Waals surface area contributed by atoms with E-state index in [-0.39, 0.29) is 11.3 Å². The first-order valence-electron chi connectivity index (χ1n) is 6.31. The summed E-state index contributed by atoms with van der Waals surface area (Å²) in [5.74, 6) is 0.129. The van der Waals surface area contributed by atoms with Gasteiger partial charge in [-0.3, -0.25) is 4.79 Å². The molecule has 0 aliphatic heterocycles. The van der Waals surface area contributed by atoms with Crippen LogP contribution in [0.3, 0.4) is 0 Å². The summed E-state index contributed by atoms with van der Waals surface area (Å²) in [5.41, 5.74) is 2.58. The van der Waals surface area contributed by atoms with Crippen molar-refractivity contribution < 1.29 is 4.79 Å². The summed E-state index contributed by atoms with van der Waals surface area (Å²) in [4.78, 5) is 11.7. The second-order valence-corrected chi connectivity index (χ2v) is 6.12. The predicted molar refractivity (Wildman–Crippen MR) is 80.1 cm³/mol. The molecule has 0 spiro atoms. The van der Waals surface area contributed by atoms with Crippen LogP contribution in [0.25, 0.3) is 0 Å². The summed E-state index contributed by atoms with van der Waals surface area (Å²) < 4.78 is 0. The lowest BCUT2D eigenvalue weighted by Gasteiger charge is -2.21. The van der Waals surface area contributed by atoms with Gasteiger partial charge in [0.15, 0.2) is 0 Å². The monoisotopic (exact) mass is 311 g/mol. The summed E-state index contributed by atoms with van der Waals surface area (Å²) in [5, 5.41) is 3.87. The van der Waals surface area contributed by atoms with Crippen LogP contribution < -0.4 is 5.32 Å². The molecule has 0 aliphatic carbocycles. The van der Waals surface area contributed by atoms with Crippen molar-refractivity contribution in [1.82, 2.24) is 5.32 Å². The molecule has 0 heterocycles. The molecule has 3 heteroatoms. The lowest BCUT2D eigenvalue weighted by atomic mass is 9.97. The smallest absolute Gasteiger partial charge is 0.220 e. The summed E-state index contributed by atoms with van der Waals surface area (Å²) in [6, 6.07) is 8.35. The van der Waals surface area contributed by atoms with E-state index >= 15 is 0 Å². The van der Waals surface area contributed by atoms with Gasteiger partial charge in [0.2, 0.25) is 5.91 Å². The molecule has 1 amide bonds. The lowest BCUT2D eigenvalue weighted by molar-refractivity contribution is -0.121. The van der Waals surface area contributed by atoms with E-state index in [1.807, 2.05) is 0 Å². The van der Waals surface area contributed by atoms with Gasteiger partial charge in [-0.25, -0.2) is 0 Å². The molecule has 1 aromatic carbocycles. The van der Waals surface area contributed by atoms with E-state index in [0.717, 1.165) is 11.8 Å². The number of alkyl halides is 1. The fraction of sp³-hybridized carbons (Fsp3) is 0.533. The van der Waals surface area contributed by atoms with Gasteiger partial charge in [0.05, 0.1) is 0 Å². The van der Waals surface area contributed by atoms with Gasteiger partial charge >= 0.3 is 0 Å². The van der Waals surface area contributed by atoms with E-state index in [0.29, 0.717) is 13.0 Å². The van der Waals surface area contributed by atoms with Gasteiger partial charge in [0.25, 0.3) is 0 Å². The first-order chi connectivity index (χ1) is 8.43. The highest BCUT2D eigenvalue weighted by molar-refractivity contribution is 9.09. The minimum Gasteiger partial charge on any atom is -0.356 e. The van der Waals surface area contributed by atoms with E-state index in [1.165, 1.54) is 11.1 Å². The van der Waals surface area contributed by atoms with Gasteiger partial charge in [-0.1, -0.05) is 59.6 Å². The molecule has 0 aromatic heterocycles. The highest BCUT2D eigenvalue weighted by Gasteiger charge is 2.16. The number of nitrogens with one attached hydrogen (secondary N) is 1. The van der Waals surface area contributed by atoms with Crippen LogP contribution in [0.4, 0.5) is 0 Å². The van der Waals surface area contributed by atoms with Crippen molar-refractivity contribution in [2.45, 2.75) is 33.6 Å². The normalized spacial score (nSPS) is 11.3. The van der Waals surface area contributed by atoms with E-state index in [2.05, 4.69) is 66.3 Å². The minimum atomic E-state index is 0.111. The Labute approximate surface area is 118 Å². The van der Waals surface area contributed by atoms with Crippen LogP contribution in [0.1, 0.15) is 31.4 Å². The van der Waals surface area contributed by atoms with Crippen LogP contribution in [0.15, 0.2) is 24.3 Å². The van der Waals surface area contributed by atoms with Gasteiger partial charge in [-0.15, -0.1) is 0 Å². The van der Waals surface area contributed by atoms with Crippen molar-refractivity contribution in [1.29, 1.82) is 0 Å². The molecular weight excluding hydrogens is 290 g/mol. The zero-order valence-corrected chi connectivity index (χ0v) is 13.0. The van der Waals surface area contributed by atoms with Crippen LogP contribution >= 0.6 is 15.9 Å². The number of carbonyl (C=O) groups excluding carboxylic acids is 1. The van der Waals surface area contributed by atoms with Crippen molar-refractivity contribution in [2.24, 2.45) is 5.41 Å². The van der Waals surface area contributed by atoms with Gasteiger partial charge in [-0.2, -0.15) is 0 Å². The van der Waals surface area contributed by atoms with Crippen molar-refractivity contribution in [3.05, 3.63) is 35.4 Å². The third-order valence-corrected chi connectivity index (χ3v) is 4.41. The minimum absolute atomic E-state index is 0.111. The Morgan fingerprint density at radius 2 is 1.89 bits per heavy atom. The van der Waals surface area contributed by atoms with Gasteiger partial charge in [-0.05, 0) is 24.3 Å². The summed E-state index contributed by atoms with van der Waals surface area (Å²) >= 11 is 3.45. The second kappa shape index (κ2) is 6.93. The van der Waals surface area contributed by atoms with Crippen LogP contribution in [0.5, 0.6) is 0 Å². The second-order valence-electron chi connectivity index (χ2n) is 5.56. The number of carbonyl (C=O) groups is 1. The fourth-order valence-electron chi connectivity index (χ4n) is 1.49. The van der Waals surface area contributed by atoms with Gasteiger partial charge in [0, 0.05) is 18.3 Å². The standard InChI is InChI=1S/C15H22BrNO/c1-12-4-6-13(7-5-12)8-9-14(18)17-11-15(2,3)10-16/h4-7H,8-11H2,1-3H3,(H,17,18). The SMILES string of the molecule is Cc1ccc(CCC(=O)NCC(C)(C)CBr)cc1. The molecule has 0 saturated carbocycles. The highest BCUT2D eigenvalue weighted by atomic mass is 79.9. The Morgan fingerprint density at radius 1 is 1.28 bits per heavy atom. The number of halogens is 1. The number of amides is 1. The molecule has 0 fully saturated rings. The summed E-state index contributed by atoms with van der Waals surface area (Å²) in [7, 11) is 0. The van der Waals surface area contributed by atoms with E-state index in [9.17, 15) is 4.79 Å². The molecule has 2 nitrogen and oxygen atoms in total. The zero-order valence-electron chi connectivity index (χ0n) is 11.4. The number of hydrogen-bond acceptors (Lipinski definition) is 1. The molecule has 18 heavy (non-hydrogen) atoms. The Balaban J connectivity index is 2.31. The third-order valence-electron chi connectivity index (χ3n) is 2.89. The van der Waals surface area contributed by atoms with Crippen molar-refractivity contribution in [3.63, 3.8) is 0 Å². The maximum absolute atomic E-state index is 11.7. The zero-order chi connectivity index (χ0) is 13.6. The Hall–Kier alpha value is -0.830. The Morgan fingerprint density at radius 3 is 2.44 bits per heavy atom. The molecule has 1 rings (SSSR count). The quantitative estimate of drug-likeness (QED) is 0.801. The number of rotatable bonds is 6. The predicted octanol–water partition coefficient (Wildman–Crippen LogP) is 3.46. The van der Waals surface area contributed by atoms with Crippen molar-refractivity contribution >= 4 is 21.8 Å². The summed E-state index contributed by atoms with van der Waals surface area (Å²) in [6.07, 6.45) is 1.36. The van der Waals surface area contributed by atoms with Crippen LogP contribution in [-0.2, 0) is 11.2 Å². The Kier molecular flexibility index (Phi) is 5.86. The molecule has 100 valence electrons. The number of benzene rings is 1. The maximum atomic E-state index is 11.7. The molecule has 1 aromatic rings. The average molecular weight is 312 g/mol. The molecule has 0 unspecified atom stereocenters. The number of hydrogen-bond donors (Lipinski definition) is 1. The first-order valence-corrected chi connectivity index (χ1v) is 7.43. The molecule has 0 saturated heterocycles.